The minimum Gasteiger partial charge on any atom is -0.378 e. The summed E-state index contributed by atoms with van der Waals surface area (Å²) in [7, 11) is 8.73. The second kappa shape index (κ2) is 7.11. The van der Waals surface area contributed by atoms with Crippen LogP contribution in [0.15, 0.2) is 24.3 Å². The Morgan fingerprint density at radius 1 is 1.21 bits per heavy atom. The van der Waals surface area contributed by atoms with Gasteiger partial charge in [0.25, 0.3) is 5.91 Å². The van der Waals surface area contributed by atoms with E-state index in [2.05, 4.69) is 0 Å². The number of methoxy groups -OCH3 is 2. The number of amides is 1. The highest BCUT2D eigenvalue weighted by Crippen LogP contribution is 2.15. The van der Waals surface area contributed by atoms with Gasteiger partial charge in [-0.1, -0.05) is 6.07 Å². The molecule has 19 heavy (non-hydrogen) atoms. The van der Waals surface area contributed by atoms with Crippen molar-refractivity contribution in [3.8, 4) is 0 Å². The maximum Gasteiger partial charge on any atom is 0.253 e. The zero-order valence-electron chi connectivity index (χ0n) is 12.2. The minimum atomic E-state index is -0.411. The van der Waals surface area contributed by atoms with Crippen molar-refractivity contribution in [2.24, 2.45) is 0 Å². The fourth-order valence-corrected chi connectivity index (χ4v) is 1.69. The van der Waals surface area contributed by atoms with Crippen LogP contribution in [0.2, 0.25) is 0 Å². The summed E-state index contributed by atoms with van der Waals surface area (Å²) in [6.07, 6.45) is -0.411. The van der Waals surface area contributed by atoms with Crippen molar-refractivity contribution in [1.82, 2.24) is 4.90 Å². The van der Waals surface area contributed by atoms with Crippen molar-refractivity contribution in [3.63, 3.8) is 0 Å². The average molecular weight is 266 g/mol. The SMILES string of the molecule is COC(CN(C)C(=O)c1cccc(N(C)C)c1)OC. The number of likely N-dealkylation sites (N-methyl/N-ethyl adjacent to an activating group) is 1. The normalized spacial score (nSPS) is 10.6. The van der Waals surface area contributed by atoms with Crippen molar-refractivity contribution < 1.29 is 14.3 Å². The van der Waals surface area contributed by atoms with Crippen LogP contribution in [-0.4, -0.2) is 59.0 Å². The van der Waals surface area contributed by atoms with E-state index in [9.17, 15) is 4.79 Å². The molecule has 1 rings (SSSR count). The molecule has 0 unspecified atom stereocenters. The summed E-state index contributed by atoms with van der Waals surface area (Å²) >= 11 is 0. The molecule has 0 aliphatic heterocycles. The highest BCUT2D eigenvalue weighted by atomic mass is 16.7. The van der Waals surface area contributed by atoms with E-state index in [0.29, 0.717) is 12.1 Å². The minimum absolute atomic E-state index is 0.0530. The Kier molecular flexibility index (Phi) is 5.79. The van der Waals surface area contributed by atoms with E-state index >= 15 is 0 Å². The summed E-state index contributed by atoms with van der Waals surface area (Å²) < 4.78 is 10.2. The molecule has 5 nitrogen and oxygen atoms in total. The van der Waals surface area contributed by atoms with Gasteiger partial charge in [-0.2, -0.15) is 0 Å². The van der Waals surface area contributed by atoms with E-state index in [-0.39, 0.29) is 5.91 Å². The summed E-state index contributed by atoms with van der Waals surface area (Å²) in [6.45, 7) is 0.387. The van der Waals surface area contributed by atoms with E-state index in [0.717, 1.165) is 5.69 Å². The van der Waals surface area contributed by atoms with Gasteiger partial charge in [0, 0.05) is 46.6 Å². The van der Waals surface area contributed by atoms with E-state index in [1.165, 1.54) is 0 Å². The maximum absolute atomic E-state index is 12.3. The molecule has 0 radical (unpaired) electrons. The fraction of sp³-hybridized carbons (Fsp3) is 0.500. The van der Waals surface area contributed by atoms with Gasteiger partial charge in [0.05, 0.1) is 6.54 Å². The molecule has 0 saturated heterocycles. The van der Waals surface area contributed by atoms with Gasteiger partial charge in [-0.15, -0.1) is 0 Å². The Morgan fingerprint density at radius 2 is 1.84 bits per heavy atom. The largest absolute Gasteiger partial charge is 0.378 e. The van der Waals surface area contributed by atoms with Crippen LogP contribution in [0.3, 0.4) is 0 Å². The first-order valence-corrected chi connectivity index (χ1v) is 6.08. The van der Waals surface area contributed by atoms with Crippen molar-refractivity contribution in [2.75, 3.05) is 46.8 Å². The first-order chi connectivity index (χ1) is 8.99. The molecule has 0 N–H and O–H groups in total. The van der Waals surface area contributed by atoms with E-state index in [4.69, 9.17) is 9.47 Å². The van der Waals surface area contributed by atoms with Gasteiger partial charge >= 0.3 is 0 Å². The Hall–Kier alpha value is -1.59. The van der Waals surface area contributed by atoms with Crippen LogP contribution >= 0.6 is 0 Å². The molecule has 1 aromatic rings. The number of anilines is 1. The topological polar surface area (TPSA) is 42.0 Å². The van der Waals surface area contributed by atoms with E-state index in [1.807, 2.05) is 37.2 Å². The third-order valence-electron chi connectivity index (χ3n) is 2.90. The lowest BCUT2D eigenvalue weighted by atomic mass is 10.1. The predicted octanol–water partition coefficient (Wildman–Crippen LogP) is 1.44. The number of benzene rings is 1. The summed E-state index contributed by atoms with van der Waals surface area (Å²) in [6, 6.07) is 7.51. The van der Waals surface area contributed by atoms with Crippen LogP contribution in [0.1, 0.15) is 10.4 Å². The fourth-order valence-electron chi connectivity index (χ4n) is 1.69. The molecule has 0 saturated carbocycles. The Morgan fingerprint density at radius 3 is 2.37 bits per heavy atom. The zero-order valence-corrected chi connectivity index (χ0v) is 12.2. The van der Waals surface area contributed by atoms with Crippen molar-refractivity contribution >= 4 is 11.6 Å². The number of carbonyl (C=O) groups excluding carboxylic acids is 1. The van der Waals surface area contributed by atoms with Crippen molar-refractivity contribution in [1.29, 1.82) is 0 Å². The second-order valence-electron chi connectivity index (χ2n) is 4.53. The van der Waals surface area contributed by atoms with Gasteiger partial charge in [0.1, 0.15) is 0 Å². The quantitative estimate of drug-likeness (QED) is 0.731. The first-order valence-electron chi connectivity index (χ1n) is 6.08. The first kappa shape index (κ1) is 15.5. The van der Waals surface area contributed by atoms with Crippen LogP contribution < -0.4 is 4.90 Å². The van der Waals surface area contributed by atoms with Crippen LogP contribution in [0.5, 0.6) is 0 Å². The zero-order chi connectivity index (χ0) is 14.4. The van der Waals surface area contributed by atoms with Gasteiger partial charge < -0.3 is 19.3 Å². The Bertz CT molecular complexity index is 417. The Labute approximate surface area is 114 Å². The lowest BCUT2D eigenvalue weighted by Crippen LogP contribution is -2.36. The summed E-state index contributed by atoms with van der Waals surface area (Å²) in [5.74, 6) is -0.0530. The van der Waals surface area contributed by atoms with Crippen molar-refractivity contribution in [3.05, 3.63) is 29.8 Å². The lowest BCUT2D eigenvalue weighted by Gasteiger charge is -2.22. The maximum atomic E-state index is 12.3. The molecular formula is C14H22N2O3. The standard InChI is InChI=1S/C14H22N2O3/c1-15(2)12-8-6-7-11(9-12)14(17)16(3)10-13(18-4)19-5/h6-9,13H,10H2,1-5H3. The average Bonchev–Trinajstić information content (AvgIpc) is 2.43. The molecule has 1 amide bonds. The second-order valence-corrected chi connectivity index (χ2v) is 4.53. The monoisotopic (exact) mass is 266 g/mol. The van der Waals surface area contributed by atoms with Crippen LogP contribution in [0, 0.1) is 0 Å². The van der Waals surface area contributed by atoms with Crippen molar-refractivity contribution in [2.45, 2.75) is 6.29 Å². The van der Waals surface area contributed by atoms with E-state index < -0.39 is 6.29 Å². The summed E-state index contributed by atoms with van der Waals surface area (Å²) in [5.41, 5.74) is 1.65. The molecular weight excluding hydrogens is 244 g/mol. The molecule has 0 fully saturated rings. The highest BCUT2D eigenvalue weighted by molar-refractivity contribution is 5.95. The Balaban J connectivity index is 2.79. The van der Waals surface area contributed by atoms with E-state index in [1.54, 1.807) is 32.2 Å². The molecule has 0 aliphatic carbocycles. The predicted molar refractivity (Wildman–Crippen MR) is 75.5 cm³/mol. The van der Waals surface area contributed by atoms with Gasteiger partial charge in [-0.3, -0.25) is 4.79 Å². The van der Waals surface area contributed by atoms with Gasteiger partial charge in [0.2, 0.25) is 0 Å². The van der Waals surface area contributed by atoms with Crippen LogP contribution in [0.25, 0.3) is 0 Å². The molecule has 0 bridgehead atoms. The van der Waals surface area contributed by atoms with Gasteiger partial charge in [-0.05, 0) is 18.2 Å². The molecule has 0 atom stereocenters. The smallest absolute Gasteiger partial charge is 0.253 e. The number of rotatable bonds is 6. The summed E-state index contributed by atoms with van der Waals surface area (Å²) in [4.78, 5) is 15.8. The molecule has 0 aromatic heterocycles. The molecule has 106 valence electrons. The summed E-state index contributed by atoms with van der Waals surface area (Å²) in [5, 5.41) is 0. The van der Waals surface area contributed by atoms with Crippen LogP contribution in [-0.2, 0) is 9.47 Å². The number of hydrogen-bond donors (Lipinski definition) is 0. The number of carbonyl (C=O) groups is 1. The number of ether oxygens (including phenoxy) is 2. The van der Waals surface area contributed by atoms with Crippen LogP contribution in [0.4, 0.5) is 5.69 Å². The lowest BCUT2D eigenvalue weighted by molar-refractivity contribution is -0.110. The third-order valence-corrected chi connectivity index (χ3v) is 2.90. The molecule has 0 spiro atoms. The molecule has 0 aliphatic rings. The highest BCUT2D eigenvalue weighted by Gasteiger charge is 2.16. The number of nitrogens with zero attached hydrogens (tertiary/aromatic N) is 2. The third kappa shape index (κ3) is 4.22. The number of hydrogen-bond acceptors (Lipinski definition) is 4. The van der Waals surface area contributed by atoms with Gasteiger partial charge in [0.15, 0.2) is 6.29 Å². The molecule has 1 aromatic carbocycles. The molecule has 0 heterocycles. The molecule has 5 heteroatoms. The van der Waals surface area contributed by atoms with Gasteiger partial charge in [-0.25, -0.2) is 0 Å².